The summed E-state index contributed by atoms with van der Waals surface area (Å²) in [6.07, 6.45) is 4.39. The van der Waals surface area contributed by atoms with Crippen molar-refractivity contribution in [2.75, 3.05) is 6.61 Å². The van der Waals surface area contributed by atoms with Crippen molar-refractivity contribution in [3.63, 3.8) is 0 Å². The lowest BCUT2D eigenvalue weighted by molar-refractivity contribution is -0.121. The van der Waals surface area contributed by atoms with Crippen LogP contribution in [0.25, 0.3) is 10.4 Å². The highest BCUT2D eigenvalue weighted by Gasteiger charge is 2.51. The molecule has 2 aromatic carbocycles. The van der Waals surface area contributed by atoms with Crippen LogP contribution in [0.1, 0.15) is 66.7 Å². The number of hydrogen-bond donors (Lipinski definition) is 0. The Labute approximate surface area is 212 Å². The molecule has 1 fully saturated rings. The highest BCUT2D eigenvalue weighted by molar-refractivity contribution is 6.99. The van der Waals surface area contributed by atoms with Gasteiger partial charge in [-0.05, 0) is 45.6 Å². The summed E-state index contributed by atoms with van der Waals surface area (Å²) in [6.45, 7) is 11.6. The summed E-state index contributed by atoms with van der Waals surface area (Å²) in [4.78, 5) is 15.8. The van der Waals surface area contributed by atoms with E-state index in [-0.39, 0.29) is 22.9 Å². The van der Waals surface area contributed by atoms with Crippen molar-refractivity contribution >= 4 is 24.5 Å². The number of Topliss-reactive ketones (excluding diaryl/α,β-unsaturated/α-hetero) is 1. The van der Waals surface area contributed by atoms with Crippen LogP contribution in [-0.2, 0) is 9.22 Å². The molecule has 4 unspecified atom stereocenters. The molecule has 5 nitrogen and oxygen atoms in total. The summed E-state index contributed by atoms with van der Waals surface area (Å²) in [6, 6.07) is 21.4. The third-order valence-electron chi connectivity index (χ3n) is 7.91. The van der Waals surface area contributed by atoms with Gasteiger partial charge in [-0.2, -0.15) is 0 Å². The van der Waals surface area contributed by atoms with Crippen LogP contribution in [0.15, 0.2) is 65.8 Å². The molecule has 1 aliphatic rings. The van der Waals surface area contributed by atoms with E-state index in [4.69, 9.17) is 9.96 Å². The summed E-state index contributed by atoms with van der Waals surface area (Å²) < 4.78 is 7.16. The molecule has 0 heterocycles. The molecule has 2 aromatic rings. The standard InChI is InChI=1S/C29H41N3O2Si/c1-22(23(2)31-32-30)13-12-18-27-24(19-20-28(27)33)21-34-35(29(3,4)5,25-14-8-6-9-15-25)26-16-10-7-11-17-26/h6-11,14-17,22-24,27H,12-13,18-21H2,1-5H3. The first kappa shape index (κ1) is 27.2. The molecule has 0 spiro atoms. The van der Waals surface area contributed by atoms with Gasteiger partial charge in [0.15, 0.2) is 0 Å². The van der Waals surface area contributed by atoms with E-state index in [0.717, 1.165) is 25.7 Å². The first-order valence-corrected chi connectivity index (χ1v) is 14.9. The monoisotopic (exact) mass is 491 g/mol. The Balaban J connectivity index is 1.80. The number of ketones is 1. The average Bonchev–Trinajstić information content (AvgIpc) is 3.19. The Morgan fingerprint density at radius 2 is 1.63 bits per heavy atom. The largest absolute Gasteiger partial charge is 0.407 e. The Hall–Kier alpha value is -2.40. The number of nitrogens with zero attached hydrogens (tertiary/aromatic N) is 3. The van der Waals surface area contributed by atoms with Gasteiger partial charge in [0.1, 0.15) is 5.78 Å². The minimum Gasteiger partial charge on any atom is -0.407 e. The number of carbonyl (C=O) groups excluding carboxylic acids is 1. The zero-order valence-electron chi connectivity index (χ0n) is 22.0. The average molecular weight is 492 g/mol. The lowest BCUT2D eigenvalue weighted by Gasteiger charge is -2.43. The SMILES string of the molecule is CC(CCCC1C(=O)CCC1CO[Si](c1ccccc1)(c1ccccc1)C(C)(C)C)C(C)N=[N+]=[N-]. The van der Waals surface area contributed by atoms with E-state index in [1.165, 1.54) is 10.4 Å². The summed E-state index contributed by atoms with van der Waals surface area (Å²) in [5.41, 5.74) is 8.70. The van der Waals surface area contributed by atoms with Gasteiger partial charge in [0.05, 0.1) is 0 Å². The van der Waals surface area contributed by atoms with E-state index in [2.05, 4.69) is 98.4 Å². The van der Waals surface area contributed by atoms with Gasteiger partial charge in [-0.15, -0.1) is 0 Å². The molecule has 0 bridgehead atoms. The van der Waals surface area contributed by atoms with Crippen molar-refractivity contribution in [2.24, 2.45) is 22.9 Å². The van der Waals surface area contributed by atoms with Crippen LogP contribution in [-0.4, -0.2) is 26.7 Å². The third-order valence-corrected chi connectivity index (χ3v) is 12.9. The fraction of sp³-hybridized carbons (Fsp3) is 0.552. The van der Waals surface area contributed by atoms with E-state index in [0.29, 0.717) is 24.7 Å². The quantitative estimate of drug-likeness (QED) is 0.152. The first-order valence-electron chi connectivity index (χ1n) is 13.0. The van der Waals surface area contributed by atoms with Crippen LogP contribution in [0, 0.1) is 17.8 Å². The van der Waals surface area contributed by atoms with E-state index in [9.17, 15) is 4.79 Å². The second-order valence-corrected chi connectivity index (χ2v) is 15.5. The number of benzene rings is 2. The van der Waals surface area contributed by atoms with Gasteiger partial charge in [0.2, 0.25) is 0 Å². The molecular formula is C29H41N3O2Si. The number of hydrogen-bond acceptors (Lipinski definition) is 3. The molecule has 0 saturated heterocycles. The molecule has 0 aromatic heterocycles. The van der Waals surface area contributed by atoms with Crippen LogP contribution in [0.4, 0.5) is 0 Å². The van der Waals surface area contributed by atoms with Crippen molar-refractivity contribution in [3.05, 3.63) is 71.1 Å². The Morgan fingerprint density at radius 1 is 1.06 bits per heavy atom. The topological polar surface area (TPSA) is 75.1 Å². The lowest BCUT2D eigenvalue weighted by Crippen LogP contribution is -2.67. The van der Waals surface area contributed by atoms with Crippen LogP contribution in [0.3, 0.4) is 0 Å². The molecule has 0 amide bonds. The van der Waals surface area contributed by atoms with Gasteiger partial charge in [0.25, 0.3) is 8.32 Å². The van der Waals surface area contributed by atoms with Gasteiger partial charge in [0, 0.05) is 29.9 Å². The summed E-state index contributed by atoms with van der Waals surface area (Å²) >= 11 is 0. The minimum absolute atomic E-state index is 0.0199. The molecule has 4 atom stereocenters. The molecule has 6 heteroatoms. The van der Waals surface area contributed by atoms with Gasteiger partial charge < -0.3 is 4.43 Å². The zero-order chi connectivity index (χ0) is 25.5. The summed E-state index contributed by atoms with van der Waals surface area (Å²) in [5.74, 6) is 1.02. The van der Waals surface area contributed by atoms with Crippen LogP contribution in [0.2, 0.25) is 5.04 Å². The Morgan fingerprint density at radius 3 is 2.14 bits per heavy atom. The van der Waals surface area contributed by atoms with Crippen molar-refractivity contribution < 1.29 is 9.22 Å². The van der Waals surface area contributed by atoms with Crippen LogP contribution < -0.4 is 10.4 Å². The molecular weight excluding hydrogens is 450 g/mol. The van der Waals surface area contributed by atoms with E-state index >= 15 is 0 Å². The van der Waals surface area contributed by atoms with Crippen molar-refractivity contribution in [1.29, 1.82) is 0 Å². The van der Waals surface area contributed by atoms with Gasteiger partial charge in [-0.3, -0.25) is 4.79 Å². The molecule has 0 aliphatic heterocycles. The lowest BCUT2D eigenvalue weighted by atomic mass is 9.88. The second-order valence-electron chi connectivity index (χ2n) is 11.2. The molecule has 188 valence electrons. The maximum atomic E-state index is 12.8. The van der Waals surface area contributed by atoms with Gasteiger partial charge in [-0.1, -0.05) is 113 Å². The molecule has 1 aliphatic carbocycles. The first-order chi connectivity index (χ1) is 16.7. The van der Waals surface area contributed by atoms with Gasteiger partial charge >= 0.3 is 0 Å². The molecule has 1 saturated carbocycles. The Bertz CT molecular complexity index is 960. The van der Waals surface area contributed by atoms with E-state index in [1.807, 2.05) is 6.92 Å². The molecule has 35 heavy (non-hydrogen) atoms. The fourth-order valence-electron chi connectivity index (χ4n) is 5.66. The minimum atomic E-state index is -2.60. The maximum Gasteiger partial charge on any atom is 0.261 e. The number of carbonyl (C=O) groups is 1. The highest BCUT2D eigenvalue weighted by atomic mass is 28.4. The van der Waals surface area contributed by atoms with Crippen molar-refractivity contribution in [3.8, 4) is 0 Å². The normalized spacial score (nSPS) is 20.3. The third kappa shape index (κ3) is 6.24. The van der Waals surface area contributed by atoms with Crippen LogP contribution >= 0.6 is 0 Å². The Kier molecular flexibility index (Phi) is 9.34. The number of rotatable bonds is 11. The molecule has 0 N–H and O–H groups in total. The van der Waals surface area contributed by atoms with E-state index < -0.39 is 8.32 Å². The summed E-state index contributed by atoms with van der Waals surface area (Å²) in [7, 11) is -2.60. The smallest absolute Gasteiger partial charge is 0.261 e. The molecule has 3 rings (SSSR count). The predicted octanol–water partition coefficient (Wildman–Crippen LogP) is 6.66. The van der Waals surface area contributed by atoms with Gasteiger partial charge in [-0.25, -0.2) is 0 Å². The fourth-order valence-corrected chi connectivity index (χ4v) is 10.3. The van der Waals surface area contributed by atoms with Crippen molar-refractivity contribution in [1.82, 2.24) is 0 Å². The van der Waals surface area contributed by atoms with Crippen LogP contribution in [0.5, 0.6) is 0 Å². The summed E-state index contributed by atoms with van der Waals surface area (Å²) in [5, 5.41) is 6.33. The second kappa shape index (κ2) is 12.0. The zero-order valence-corrected chi connectivity index (χ0v) is 23.0. The van der Waals surface area contributed by atoms with E-state index in [1.54, 1.807) is 0 Å². The highest BCUT2D eigenvalue weighted by Crippen LogP contribution is 2.39. The predicted molar refractivity (Wildman–Crippen MR) is 146 cm³/mol. The van der Waals surface area contributed by atoms with Crippen molar-refractivity contribution in [2.45, 2.75) is 77.8 Å². The maximum absolute atomic E-state index is 12.8. The molecule has 0 radical (unpaired) electrons. The number of azide groups is 1.